The summed E-state index contributed by atoms with van der Waals surface area (Å²) in [6, 6.07) is 12.2. The minimum absolute atomic E-state index is 0.681. The van der Waals surface area contributed by atoms with Crippen LogP contribution in [0.15, 0.2) is 53.3 Å². The summed E-state index contributed by atoms with van der Waals surface area (Å²) in [5.41, 5.74) is 7.44. The average molecular weight is 332 g/mol. The van der Waals surface area contributed by atoms with Crippen LogP contribution >= 0.6 is 0 Å². The molecule has 3 aromatic heterocycles. The highest BCUT2D eigenvalue weighted by Gasteiger charge is 2.09. The molecule has 0 spiro atoms. The molecular weight excluding hydrogens is 312 g/mol. The fraction of sp³-hybridized carbons (Fsp3) is 0.200. The van der Waals surface area contributed by atoms with Crippen molar-refractivity contribution in [1.29, 1.82) is 0 Å². The first-order chi connectivity index (χ1) is 12.1. The second kappa shape index (κ2) is 6.09. The molecule has 5 heteroatoms. The van der Waals surface area contributed by atoms with Gasteiger partial charge in [0.2, 0.25) is 0 Å². The second-order valence-corrected chi connectivity index (χ2v) is 6.30. The molecule has 1 N–H and O–H groups in total. The fourth-order valence-corrected chi connectivity index (χ4v) is 3.09. The smallest absolute Gasteiger partial charge is 0.160 e. The summed E-state index contributed by atoms with van der Waals surface area (Å²) in [4.78, 5) is 4.63. The molecule has 0 amide bonds. The number of nitrogens with zero attached hydrogens (tertiary/aromatic N) is 3. The Bertz CT molecular complexity index is 1030. The van der Waals surface area contributed by atoms with Gasteiger partial charge in [-0.25, -0.2) is 9.50 Å². The van der Waals surface area contributed by atoms with Gasteiger partial charge in [0.25, 0.3) is 0 Å². The van der Waals surface area contributed by atoms with Crippen LogP contribution in [0.1, 0.15) is 22.5 Å². The van der Waals surface area contributed by atoms with Gasteiger partial charge < -0.3 is 9.73 Å². The van der Waals surface area contributed by atoms with Crippen LogP contribution in [0.5, 0.6) is 0 Å². The Morgan fingerprint density at radius 1 is 1.12 bits per heavy atom. The Morgan fingerprint density at radius 3 is 2.76 bits per heavy atom. The van der Waals surface area contributed by atoms with Crippen LogP contribution in [-0.4, -0.2) is 14.6 Å². The van der Waals surface area contributed by atoms with E-state index in [2.05, 4.69) is 40.5 Å². The van der Waals surface area contributed by atoms with E-state index in [0.29, 0.717) is 6.54 Å². The molecule has 4 rings (SSSR count). The van der Waals surface area contributed by atoms with Crippen molar-refractivity contribution in [3.8, 4) is 11.3 Å². The van der Waals surface area contributed by atoms with Crippen LogP contribution in [0.3, 0.4) is 0 Å². The summed E-state index contributed by atoms with van der Waals surface area (Å²) in [7, 11) is 0. The molecule has 0 atom stereocenters. The number of aryl methyl sites for hydroxylation is 3. The highest BCUT2D eigenvalue weighted by Crippen LogP contribution is 2.25. The van der Waals surface area contributed by atoms with Crippen LogP contribution in [0, 0.1) is 20.8 Å². The van der Waals surface area contributed by atoms with Gasteiger partial charge in [-0.05, 0) is 62.7 Å². The number of hydrogen-bond donors (Lipinski definition) is 1. The zero-order chi connectivity index (χ0) is 17.4. The quantitative estimate of drug-likeness (QED) is 0.597. The first kappa shape index (κ1) is 15.4. The van der Waals surface area contributed by atoms with Crippen molar-refractivity contribution in [2.45, 2.75) is 27.3 Å². The molecule has 0 unspecified atom stereocenters. The van der Waals surface area contributed by atoms with Crippen molar-refractivity contribution in [3.63, 3.8) is 0 Å². The number of fused-ring (bicyclic) bond motifs is 1. The predicted octanol–water partition coefficient (Wildman–Crippen LogP) is 4.53. The van der Waals surface area contributed by atoms with Crippen molar-refractivity contribution in [2.75, 3.05) is 5.32 Å². The maximum atomic E-state index is 5.46. The second-order valence-electron chi connectivity index (χ2n) is 6.30. The molecule has 4 aromatic rings. The third-order valence-electron chi connectivity index (χ3n) is 4.35. The first-order valence-electron chi connectivity index (χ1n) is 8.31. The molecule has 0 bridgehead atoms. The third kappa shape index (κ3) is 2.89. The molecule has 3 heterocycles. The zero-order valence-electron chi connectivity index (χ0n) is 14.6. The van der Waals surface area contributed by atoms with Gasteiger partial charge in [0.1, 0.15) is 5.76 Å². The molecule has 0 radical (unpaired) electrons. The van der Waals surface area contributed by atoms with Crippen LogP contribution in [-0.2, 0) is 6.54 Å². The molecular formula is C20H20N4O. The maximum Gasteiger partial charge on any atom is 0.160 e. The Balaban J connectivity index is 1.58. The van der Waals surface area contributed by atoms with E-state index in [1.807, 2.05) is 42.8 Å². The van der Waals surface area contributed by atoms with E-state index in [4.69, 9.17) is 4.42 Å². The highest BCUT2D eigenvalue weighted by atomic mass is 16.3. The number of rotatable bonds is 4. The Hall–Kier alpha value is -3.08. The fourth-order valence-electron chi connectivity index (χ4n) is 3.09. The molecule has 1 aromatic carbocycles. The van der Waals surface area contributed by atoms with Gasteiger partial charge in [-0.15, -0.1) is 0 Å². The van der Waals surface area contributed by atoms with Crippen LogP contribution in [0.2, 0.25) is 0 Å². The van der Waals surface area contributed by atoms with Crippen molar-refractivity contribution in [1.82, 2.24) is 14.6 Å². The third-order valence-corrected chi connectivity index (χ3v) is 4.35. The normalized spacial score (nSPS) is 11.2. The lowest BCUT2D eigenvalue weighted by Crippen LogP contribution is -2.03. The van der Waals surface area contributed by atoms with E-state index in [9.17, 15) is 0 Å². The minimum atomic E-state index is 0.681. The molecule has 0 aliphatic carbocycles. The summed E-state index contributed by atoms with van der Waals surface area (Å²) in [6.07, 6.45) is 3.58. The van der Waals surface area contributed by atoms with E-state index in [1.54, 1.807) is 6.26 Å². The summed E-state index contributed by atoms with van der Waals surface area (Å²) in [5, 5.41) is 7.94. The Morgan fingerprint density at radius 2 is 2.00 bits per heavy atom. The van der Waals surface area contributed by atoms with E-state index in [0.717, 1.165) is 39.6 Å². The lowest BCUT2D eigenvalue weighted by Gasteiger charge is -2.10. The molecule has 5 nitrogen and oxygen atoms in total. The lowest BCUT2D eigenvalue weighted by molar-refractivity contribution is 0.582. The topological polar surface area (TPSA) is 55.4 Å². The number of hydrogen-bond acceptors (Lipinski definition) is 4. The first-order valence-corrected chi connectivity index (χ1v) is 8.31. The molecule has 0 saturated heterocycles. The van der Waals surface area contributed by atoms with Gasteiger partial charge >= 0.3 is 0 Å². The van der Waals surface area contributed by atoms with Crippen molar-refractivity contribution < 1.29 is 4.42 Å². The molecule has 25 heavy (non-hydrogen) atoms. The number of nitrogens with one attached hydrogen (secondary N) is 1. The summed E-state index contributed by atoms with van der Waals surface area (Å²) < 4.78 is 7.35. The number of benzene rings is 1. The molecule has 0 saturated carbocycles. The van der Waals surface area contributed by atoms with E-state index in [-0.39, 0.29) is 0 Å². The monoisotopic (exact) mass is 332 g/mol. The van der Waals surface area contributed by atoms with E-state index < -0.39 is 0 Å². The number of aromatic nitrogens is 3. The van der Waals surface area contributed by atoms with Crippen LogP contribution < -0.4 is 5.32 Å². The molecule has 0 aliphatic rings. The Labute approximate surface area is 146 Å². The molecule has 126 valence electrons. The number of anilines is 1. The van der Waals surface area contributed by atoms with Crippen LogP contribution in [0.4, 0.5) is 5.69 Å². The highest BCUT2D eigenvalue weighted by molar-refractivity contribution is 5.65. The van der Waals surface area contributed by atoms with Crippen LogP contribution in [0.25, 0.3) is 17.0 Å². The van der Waals surface area contributed by atoms with Crippen molar-refractivity contribution in [2.24, 2.45) is 0 Å². The predicted molar refractivity (Wildman–Crippen MR) is 98.7 cm³/mol. The van der Waals surface area contributed by atoms with Gasteiger partial charge in [0, 0.05) is 34.7 Å². The van der Waals surface area contributed by atoms with E-state index in [1.165, 1.54) is 5.56 Å². The number of furan rings is 1. The largest absolute Gasteiger partial charge is 0.464 e. The molecule has 0 aliphatic heterocycles. The summed E-state index contributed by atoms with van der Waals surface area (Å²) >= 11 is 0. The van der Waals surface area contributed by atoms with Gasteiger partial charge in [-0.1, -0.05) is 0 Å². The van der Waals surface area contributed by atoms with Gasteiger partial charge in [-0.3, -0.25) is 0 Å². The molecule has 0 fully saturated rings. The Kier molecular flexibility index (Phi) is 3.76. The maximum absolute atomic E-state index is 5.46. The van der Waals surface area contributed by atoms with Crippen molar-refractivity contribution in [3.05, 3.63) is 71.4 Å². The average Bonchev–Trinajstić information content (AvgIpc) is 3.23. The van der Waals surface area contributed by atoms with E-state index >= 15 is 0 Å². The van der Waals surface area contributed by atoms with Crippen molar-refractivity contribution >= 4 is 11.3 Å². The zero-order valence-corrected chi connectivity index (χ0v) is 14.6. The lowest BCUT2D eigenvalue weighted by atomic mass is 10.1. The standard InChI is InChI=1S/C20H20N4O/c1-13-9-16(19-5-4-8-25-19)6-7-18(13)21-11-17-12-22-24-15(3)10-14(2)23-20(17)24/h4-10,12,21H,11H2,1-3H3. The van der Waals surface area contributed by atoms with Gasteiger partial charge in [0.15, 0.2) is 5.65 Å². The minimum Gasteiger partial charge on any atom is -0.464 e. The van der Waals surface area contributed by atoms with Gasteiger partial charge in [0.05, 0.1) is 12.5 Å². The van der Waals surface area contributed by atoms with Gasteiger partial charge in [-0.2, -0.15) is 5.10 Å². The SMILES string of the molecule is Cc1cc(C)n2ncc(CNc3ccc(-c4ccco4)cc3C)c2n1. The summed E-state index contributed by atoms with van der Waals surface area (Å²) in [6.45, 7) is 6.83. The summed E-state index contributed by atoms with van der Waals surface area (Å²) in [5.74, 6) is 0.882.